The Bertz CT molecular complexity index is 1860. The molecule has 4 aliphatic rings. The Hall–Kier alpha value is -4.23. The number of rotatable bonds is 6. The van der Waals surface area contributed by atoms with Crippen molar-refractivity contribution in [2.75, 3.05) is 37.6 Å². The number of nitrogens with zero attached hydrogens (tertiary/aromatic N) is 2. The van der Waals surface area contributed by atoms with Gasteiger partial charge in [-0.3, -0.25) is 9.69 Å². The summed E-state index contributed by atoms with van der Waals surface area (Å²) >= 11 is 0. The van der Waals surface area contributed by atoms with Gasteiger partial charge < -0.3 is 20.2 Å². The topological polar surface area (TPSA) is 84.2 Å². The van der Waals surface area contributed by atoms with Crippen LogP contribution < -0.4 is 4.90 Å². The van der Waals surface area contributed by atoms with E-state index in [0.29, 0.717) is 42.7 Å². The molecule has 3 aliphatic carbocycles. The zero-order chi connectivity index (χ0) is 35.6. The van der Waals surface area contributed by atoms with E-state index in [1.165, 1.54) is 5.57 Å². The first kappa shape index (κ1) is 35.2. The van der Waals surface area contributed by atoms with Gasteiger partial charge in [-0.05, 0) is 98.2 Å². The van der Waals surface area contributed by atoms with E-state index < -0.39 is 17.1 Å². The van der Waals surface area contributed by atoms with Gasteiger partial charge in [-0.15, -0.1) is 0 Å². The van der Waals surface area contributed by atoms with Crippen LogP contribution in [-0.4, -0.2) is 70.4 Å². The third kappa shape index (κ3) is 7.28. The van der Waals surface area contributed by atoms with Gasteiger partial charge in [0.15, 0.2) is 5.78 Å². The minimum atomic E-state index is -0.944. The molecule has 1 saturated heterocycles. The number of aliphatic hydroxyl groups is 2. The number of β-amino-alcohol motifs (C(OH)–C–C–N with tert-alkyl or cyclic N) is 1. The fraction of sp³-hybridized carbons (Fsp3) is 0.400. The number of phenols is 1. The molecule has 8 rings (SSSR count). The number of anilines is 1. The van der Waals surface area contributed by atoms with E-state index in [9.17, 15) is 20.1 Å². The number of carbonyl (C=O) groups excluding carboxylic acids is 1. The molecule has 6 heteroatoms. The van der Waals surface area contributed by atoms with E-state index in [1.807, 2.05) is 66.7 Å². The predicted octanol–water partition coefficient (Wildman–Crippen LogP) is 8.15. The molecule has 1 aliphatic heterocycles. The fourth-order valence-corrected chi connectivity index (χ4v) is 9.05. The highest BCUT2D eigenvalue weighted by atomic mass is 16.3. The average molecular weight is 685 g/mol. The van der Waals surface area contributed by atoms with Gasteiger partial charge in [0, 0.05) is 49.3 Å². The Kier molecular flexibility index (Phi) is 10.2. The lowest BCUT2D eigenvalue weighted by Crippen LogP contribution is -2.56. The monoisotopic (exact) mass is 684 g/mol. The third-order valence-corrected chi connectivity index (χ3v) is 12.3. The maximum atomic E-state index is 14.5. The smallest absolute Gasteiger partial charge is 0.193 e. The molecular weight excluding hydrogens is 633 g/mol. The fourth-order valence-electron chi connectivity index (χ4n) is 9.05. The van der Waals surface area contributed by atoms with Crippen molar-refractivity contribution in [2.45, 2.75) is 76.4 Å². The molecule has 1 saturated carbocycles. The van der Waals surface area contributed by atoms with Crippen molar-refractivity contribution < 1.29 is 20.1 Å². The maximum Gasteiger partial charge on any atom is 0.193 e. The summed E-state index contributed by atoms with van der Waals surface area (Å²) in [6.45, 7) is 8.16. The number of hydrogen-bond acceptors (Lipinski definition) is 6. The number of hydrogen-bond donors (Lipinski definition) is 3. The van der Waals surface area contributed by atoms with Crippen molar-refractivity contribution in [3.63, 3.8) is 0 Å². The summed E-state index contributed by atoms with van der Waals surface area (Å²) in [4.78, 5) is 19.2. The van der Waals surface area contributed by atoms with Crippen LogP contribution in [-0.2, 0) is 6.42 Å². The van der Waals surface area contributed by atoms with Gasteiger partial charge in [0.25, 0.3) is 0 Å². The Morgan fingerprint density at radius 3 is 2.29 bits per heavy atom. The molecule has 4 aromatic rings. The molecule has 2 bridgehead atoms. The van der Waals surface area contributed by atoms with E-state index >= 15 is 0 Å². The summed E-state index contributed by atoms with van der Waals surface area (Å²) in [5, 5.41) is 34.3. The number of ketones is 1. The number of allylic oxidation sites excluding steroid dienone is 2. The summed E-state index contributed by atoms with van der Waals surface area (Å²) in [6.07, 6.45) is 6.90. The van der Waals surface area contributed by atoms with Crippen LogP contribution in [0.1, 0.15) is 85.3 Å². The molecule has 266 valence electrons. The number of fused-ring (bicyclic) bond motifs is 8. The van der Waals surface area contributed by atoms with E-state index in [2.05, 4.69) is 54.0 Å². The number of phenolic OH excluding ortho intramolecular Hbond substituents is 1. The van der Waals surface area contributed by atoms with Crippen LogP contribution in [0.5, 0.6) is 5.75 Å². The number of aromatic hydroxyl groups is 1. The molecule has 0 aromatic heterocycles. The Labute approximate surface area is 303 Å². The number of aliphatic hydroxyl groups excluding tert-OH is 1. The lowest BCUT2D eigenvalue weighted by atomic mass is 9.64. The lowest BCUT2D eigenvalue weighted by Gasteiger charge is -2.47. The zero-order valence-electron chi connectivity index (χ0n) is 30.1. The SMILES string of the molecule is CC1=CCCC2(C)C(CCC2(O)CN2CCN(c3ccccc3O)CC2)c2ccc(cc2C(=O)c2ccc(-c3ccccc3)cc2)CC(O)CC1. The Morgan fingerprint density at radius 1 is 0.843 bits per heavy atom. The molecule has 0 spiro atoms. The minimum absolute atomic E-state index is 0.0109. The highest BCUT2D eigenvalue weighted by molar-refractivity contribution is 6.10. The van der Waals surface area contributed by atoms with Crippen molar-refractivity contribution in [3.8, 4) is 16.9 Å². The molecule has 4 aromatic carbocycles. The number of para-hydroxylation sites is 2. The van der Waals surface area contributed by atoms with Crippen molar-refractivity contribution in [1.29, 1.82) is 0 Å². The zero-order valence-corrected chi connectivity index (χ0v) is 30.1. The van der Waals surface area contributed by atoms with E-state index in [4.69, 9.17) is 0 Å². The molecule has 3 N–H and O–H groups in total. The molecule has 4 unspecified atom stereocenters. The Balaban J connectivity index is 1.20. The van der Waals surface area contributed by atoms with Crippen LogP contribution in [0.25, 0.3) is 11.1 Å². The summed E-state index contributed by atoms with van der Waals surface area (Å²) in [7, 11) is 0. The summed E-state index contributed by atoms with van der Waals surface area (Å²) < 4.78 is 0. The molecular formula is C45H52N2O4. The minimum Gasteiger partial charge on any atom is -0.506 e. The predicted molar refractivity (Wildman–Crippen MR) is 205 cm³/mol. The van der Waals surface area contributed by atoms with Crippen LogP contribution in [0.15, 0.2) is 109 Å². The van der Waals surface area contributed by atoms with Crippen molar-refractivity contribution in [1.82, 2.24) is 4.90 Å². The Morgan fingerprint density at radius 2 is 1.55 bits per heavy atom. The second-order valence-corrected chi connectivity index (χ2v) is 15.5. The average Bonchev–Trinajstić information content (AvgIpc) is 3.40. The quantitative estimate of drug-likeness (QED) is 0.141. The van der Waals surface area contributed by atoms with Gasteiger partial charge in [0.05, 0.1) is 17.4 Å². The lowest BCUT2D eigenvalue weighted by molar-refractivity contribution is -0.0841. The van der Waals surface area contributed by atoms with Crippen molar-refractivity contribution in [2.24, 2.45) is 5.41 Å². The summed E-state index contributed by atoms with van der Waals surface area (Å²) in [5.41, 5.74) is 6.19. The van der Waals surface area contributed by atoms with Gasteiger partial charge >= 0.3 is 0 Å². The normalized spacial score (nSPS) is 26.0. The molecule has 1 heterocycles. The first-order valence-electron chi connectivity index (χ1n) is 18.8. The van der Waals surface area contributed by atoms with Gasteiger partial charge in [-0.2, -0.15) is 0 Å². The number of piperazine rings is 1. The van der Waals surface area contributed by atoms with Crippen molar-refractivity contribution >= 4 is 11.5 Å². The second kappa shape index (κ2) is 14.8. The second-order valence-electron chi connectivity index (χ2n) is 15.5. The molecule has 2 fully saturated rings. The molecule has 6 nitrogen and oxygen atoms in total. The number of carbonyl (C=O) groups is 1. The highest BCUT2D eigenvalue weighted by Crippen LogP contribution is 2.59. The van der Waals surface area contributed by atoms with Crippen LogP contribution in [0, 0.1) is 5.41 Å². The summed E-state index contributed by atoms with van der Waals surface area (Å²) in [5.74, 6) is 0.280. The molecule has 0 radical (unpaired) electrons. The number of benzene rings is 4. The first-order chi connectivity index (χ1) is 24.6. The molecule has 4 atom stereocenters. The van der Waals surface area contributed by atoms with E-state index in [0.717, 1.165) is 79.8 Å². The van der Waals surface area contributed by atoms with E-state index in [1.54, 1.807) is 6.07 Å². The van der Waals surface area contributed by atoms with Crippen LogP contribution in [0.4, 0.5) is 5.69 Å². The van der Waals surface area contributed by atoms with Crippen LogP contribution in [0.2, 0.25) is 0 Å². The van der Waals surface area contributed by atoms with Crippen LogP contribution in [0.3, 0.4) is 0 Å². The van der Waals surface area contributed by atoms with Gasteiger partial charge in [0.2, 0.25) is 0 Å². The standard InChI is InChI=1S/C45H52N2O4/c1-32-9-8-23-44(2)40(22-24-45(44,51)31-46-25-27-47(28-26-46)41-12-6-7-13-42(41)49)38-21-15-33(29-37(48)20-14-32)30-39(38)43(50)36-18-16-35(17-19-36)34-10-4-3-5-11-34/h3-7,9-13,15-19,21,30,37,40,48-49,51H,8,14,20,22-29,31H2,1-2H3. The summed E-state index contributed by atoms with van der Waals surface area (Å²) in [6, 6.07) is 31.9. The van der Waals surface area contributed by atoms with E-state index in [-0.39, 0.29) is 11.7 Å². The van der Waals surface area contributed by atoms with Gasteiger partial charge in [-0.1, -0.05) is 97.4 Å². The molecule has 51 heavy (non-hydrogen) atoms. The maximum absolute atomic E-state index is 14.5. The first-order valence-corrected chi connectivity index (χ1v) is 18.8. The van der Waals surface area contributed by atoms with Crippen molar-refractivity contribution in [3.05, 3.63) is 131 Å². The highest BCUT2D eigenvalue weighted by Gasteiger charge is 2.57. The third-order valence-electron chi connectivity index (χ3n) is 12.3. The molecule has 0 amide bonds. The largest absolute Gasteiger partial charge is 0.506 e. The van der Waals surface area contributed by atoms with Gasteiger partial charge in [-0.25, -0.2) is 0 Å². The van der Waals surface area contributed by atoms with Crippen LogP contribution >= 0.6 is 0 Å². The van der Waals surface area contributed by atoms with Gasteiger partial charge in [0.1, 0.15) is 5.75 Å².